The first-order valence-corrected chi connectivity index (χ1v) is 16.5. The predicted octanol–water partition coefficient (Wildman–Crippen LogP) is 5.39. The molecule has 3 rings (SSSR count). The summed E-state index contributed by atoms with van der Waals surface area (Å²) in [6.07, 6.45) is 0.715. The van der Waals surface area contributed by atoms with Crippen LogP contribution in [0.15, 0.2) is 76.1 Å². The van der Waals surface area contributed by atoms with Gasteiger partial charge in [-0.25, -0.2) is 8.42 Å². The van der Waals surface area contributed by atoms with E-state index in [-0.39, 0.29) is 34.8 Å². The van der Waals surface area contributed by atoms with Crippen LogP contribution >= 0.6 is 15.9 Å². The average Bonchev–Trinajstić information content (AvgIpc) is 3.02. The van der Waals surface area contributed by atoms with Gasteiger partial charge >= 0.3 is 0 Å². The van der Waals surface area contributed by atoms with Crippen molar-refractivity contribution in [2.75, 3.05) is 31.7 Å². The predicted molar refractivity (Wildman–Crippen MR) is 174 cm³/mol. The van der Waals surface area contributed by atoms with Gasteiger partial charge in [0, 0.05) is 23.1 Å². The van der Waals surface area contributed by atoms with Gasteiger partial charge in [0.15, 0.2) is 11.5 Å². The number of rotatable bonds is 15. The maximum atomic E-state index is 14.2. The van der Waals surface area contributed by atoms with Gasteiger partial charge in [-0.15, -0.1) is 0 Å². The van der Waals surface area contributed by atoms with Crippen molar-refractivity contribution in [2.24, 2.45) is 0 Å². The monoisotopic (exact) mass is 689 g/mol. The summed E-state index contributed by atoms with van der Waals surface area (Å²) in [5.74, 6) is 0.236. The molecule has 0 saturated heterocycles. The van der Waals surface area contributed by atoms with E-state index in [9.17, 15) is 18.0 Å². The van der Waals surface area contributed by atoms with Crippen LogP contribution in [0.1, 0.15) is 39.7 Å². The molecule has 0 spiro atoms. The van der Waals surface area contributed by atoms with Crippen LogP contribution in [-0.4, -0.2) is 64.6 Å². The summed E-state index contributed by atoms with van der Waals surface area (Å²) >= 11 is 3.46. The van der Waals surface area contributed by atoms with Crippen LogP contribution in [0.3, 0.4) is 0 Å². The van der Waals surface area contributed by atoms with E-state index in [1.807, 2.05) is 45.0 Å². The molecule has 238 valence electrons. The Bertz CT molecular complexity index is 1530. The number of halogens is 1. The number of nitrogens with one attached hydrogen (secondary N) is 1. The zero-order valence-corrected chi connectivity index (χ0v) is 28.3. The number of benzene rings is 3. The summed E-state index contributed by atoms with van der Waals surface area (Å²) in [5.41, 5.74) is 1.02. The van der Waals surface area contributed by atoms with Crippen molar-refractivity contribution in [2.45, 2.75) is 57.6 Å². The Hall–Kier alpha value is -3.77. The average molecular weight is 691 g/mol. The van der Waals surface area contributed by atoms with Crippen molar-refractivity contribution in [3.05, 3.63) is 76.8 Å². The number of carbonyl (C=O) groups is 2. The van der Waals surface area contributed by atoms with Crippen LogP contribution in [-0.2, 0) is 26.2 Å². The van der Waals surface area contributed by atoms with Crippen LogP contribution in [0, 0.1) is 0 Å². The highest BCUT2D eigenvalue weighted by Gasteiger charge is 2.33. The zero-order chi connectivity index (χ0) is 32.4. The molecule has 2 atom stereocenters. The lowest BCUT2D eigenvalue weighted by molar-refractivity contribution is -0.139. The van der Waals surface area contributed by atoms with Gasteiger partial charge in [0.1, 0.15) is 18.3 Å². The summed E-state index contributed by atoms with van der Waals surface area (Å²) in [4.78, 5) is 28.7. The molecule has 1 N–H and O–H groups in total. The number of anilines is 1. The van der Waals surface area contributed by atoms with Crippen molar-refractivity contribution in [3.63, 3.8) is 0 Å². The Kier molecular flexibility index (Phi) is 12.5. The first-order chi connectivity index (χ1) is 20.9. The minimum absolute atomic E-state index is 0.0842. The molecule has 12 heteroatoms. The number of amides is 2. The first kappa shape index (κ1) is 34.7. The third-order valence-electron chi connectivity index (χ3n) is 7.07. The Morgan fingerprint density at radius 3 is 2.20 bits per heavy atom. The van der Waals surface area contributed by atoms with Crippen LogP contribution in [0.25, 0.3) is 0 Å². The third kappa shape index (κ3) is 8.66. The molecule has 0 aliphatic carbocycles. The second kappa shape index (κ2) is 15.8. The van der Waals surface area contributed by atoms with Gasteiger partial charge in [-0.3, -0.25) is 13.9 Å². The summed E-state index contributed by atoms with van der Waals surface area (Å²) < 4.78 is 46.4. The van der Waals surface area contributed by atoms with Crippen molar-refractivity contribution in [1.29, 1.82) is 0 Å². The quantitative estimate of drug-likeness (QED) is 0.228. The Balaban J connectivity index is 2.08. The van der Waals surface area contributed by atoms with Crippen molar-refractivity contribution < 1.29 is 32.2 Å². The fourth-order valence-corrected chi connectivity index (χ4v) is 6.27. The summed E-state index contributed by atoms with van der Waals surface area (Å²) in [5, 5.41) is 2.93. The molecule has 3 aromatic carbocycles. The highest BCUT2D eigenvalue weighted by Crippen LogP contribution is 2.33. The van der Waals surface area contributed by atoms with E-state index in [1.54, 1.807) is 31.2 Å². The molecule has 0 aliphatic heterocycles. The number of ether oxygens (including phenoxy) is 3. The van der Waals surface area contributed by atoms with Gasteiger partial charge in [0.2, 0.25) is 11.8 Å². The van der Waals surface area contributed by atoms with Gasteiger partial charge in [0.25, 0.3) is 10.0 Å². The van der Waals surface area contributed by atoms with Gasteiger partial charge < -0.3 is 24.4 Å². The fraction of sp³-hybridized carbons (Fsp3) is 0.375. The molecule has 0 saturated carbocycles. The maximum Gasteiger partial charge on any atom is 0.264 e. The molecule has 0 aromatic heterocycles. The van der Waals surface area contributed by atoms with E-state index in [1.165, 1.54) is 37.3 Å². The highest BCUT2D eigenvalue weighted by atomic mass is 79.9. The minimum Gasteiger partial charge on any atom is -0.494 e. The van der Waals surface area contributed by atoms with Crippen LogP contribution < -0.4 is 23.8 Å². The Morgan fingerprint density at radius 2 is 1.61 bits per heavy atom. The second-order valence-corrected chi connectivity index (χ2v) is 12.9. The third-order valence-corrected chi connectivity index (χ3v) is 9.33. The number of hydrogen-bond acceptors (Lipinski definition) is 7. The summed E-state index contributed by atoms with van der Waals surface area (Å²) in [6, 6.07) is 17.1. The Labute approximate surface area is 268 Å². The van der Waals surface area contributed by atoms with E-state index in [0.29, 0.717) is 24.5 Å². The molecule has 2 amide bonds. The SMILES string of the molecule is CCOc1ccc(N(CC(=O)N(Cc2cccc(Br)c2)C(C)C(=O)NC(C)CC)S(=O)(=O)c2ccc(OC)c(OC)c2)cc1. The molecular weight excluding hydrogens is 650 g/mol. The minimum atomic E-state index is -4.31. The highest BCUT2D eigenvalue weighted by molar-refractivity contribution is 9.10. The number of carbonyl (C=O) groups excluding carboxylic acids is 2. The lowest BCUT2D eigenvalue weighted by atomic mass is 10.1. The van der Waals surface area contributed by atoms with E-state index < -0.39 is 28.5 Å². The summed E-state index contributed by atoms with van der Waals surface area (Å²) in [6.45, 7) is 7.27. The van der Waals surface area contributed by atoms with E-state index in [0.717, 1.165) is 14.3 Å². The maximum absolute atomic E-state index is 14.2. The van der Waals surface area contributed by atoms with Gasteiger partial charge in [0.05, 0.1) is 31.4 Å². The van der Waals surface area contributed by atoms with Crippen LogP contribution in [0.4, 0.5) is 5.69 Å². The topological polar surface area (TPSA) is 114 Å². The summed E-state index contributed by atoms with van der Waals surface area (Å²) in [7, 11) is -1.45. The first-order valence-electron chi connectivity index (χ1n) is 14.3. The molecule has 3 aromatic rings. The lowest BCUT2D eigenvalue weighted by Gasteiger charge is -2.32. The molecule has 0 bridgehead atoms. The van der Waals surface area contributed by atoms with Crippen molar-refractivity contribution >= 4 is 43.5 Å². The molecule has 0 radical (unpaired) electrons. The van der Waals surface area contributed by atoms with Crippen LogP contribution in [0.5, 0.6) is 17.2 Å². The second-order valence-electron chi connectivity index (χ2n) is 10.1. The molecular formula is C32H40BrN3O7S. The number of methoxy groups -OCH3 is 2. The van der Waals surface area contributed by atoms with Crippen LogP contribution in [0.2, 0.25) is 0 Å². The number of hydrogen-bond donors (Lipinski definition) is 1. The molecule has 10 nitrogen and oxygen atoms in total. The molecule has 0 fully saturated rings. The van der Waals surface area contributed by atoms with Crippen molar-refractivity contribution in [1.82, 2.24) is 10.2 Å². The number of nitrogens with zero attached hydrogens (tertiary/aromatic N) is 2. The molecule has 44 heavy (non-hydrogen) atoms. The fourth-order valence-electron chi connectivity index (χ4n) is 4.39. The van der Waals surface area contributed by atoms with Gasteiger partial charge in [-0.1, -0.05) is 35.0 Å². The van der Waals surface area contributed by atoms with E-state index in [4.69, 9.17) is 14.2 Å². The van der Waals surface area contributed by atoms with Gasteiger partial charge in [-0.05, 0) is 81.3 Å². The Morgan fingerprint density at radius 1 is 0.932 bits per heavy atom. The molecule has 2 unspecified atom stereocenters. The smallest absolute Gasteiger partial charge is 0.264 e. The van der Waals surface area contributed by atoms with E-state index >= 15 is 0 Å². The number of sulfonamides is 1. The van der Waals surface area contributed by atoms with E-state index in [2.05, 4.69) is 21.2 Å². The largest absolute Gasteiger partial charge is 0.494 e. The molecule has 0 heterocycles. The van der Waals surface area contributed by atoms with Crippen molar-refractivity contribution in [3.8, 4) is 17.2 Å². The molecule has 0 aliphatic rings. The lowest BCUT2D eigenvalue weighted by Crippen LogP contribution is -2.52. The standard InChI is InChI=1S/C32H40BrN3O7S/c1-7-22(3)34-32(38)23(4)35(20-24-10-9-11-25(33)18-24)31(37)21-36(26-12-14-27(15-13-26)43-8-2)44(39,40)28-16-17-29(41-5)30(19-28)42-6/h9-19,22-23H,7-8,20-21H2,1-6H3,(H,34,38). The van der Waals surface area contributed by atoms with Gasteiger partial charge in [-0.2, -0.15) is 0 Å². The zero-order valence-electron chi connectivity index (χ0n) is 25.9. The normalized spacial score (nSPS) is 12.5.